The number of nitrogens with one attached hydrogen (secondary N) is 8. The molecule has 390 valence electrons. The van der Waals surface area contributed by atoms with Crippen LogP contribution in [0, 0.1) is 13.8 Å². The van der Waals surface area contributed by atoms with E-state index in [1.54, 1.807) is 29.8 Å². The van der Waals surface area contributed by atoms with Gasteiger partial charge in [-0.1, -0.05) is 6.07 Å². The van der Waals surface area contributed by atoms with Gasteiger partial charge in [-0.2, -0.15) is 34.2 Å². The number of pyridine rings is 1. The number of fused-ring (bicyclic) bond motifs is 1. The molecule has 71 heavy (non-hydrogen) atoms. The fourth-order valence-corrected chi connectivity index (χ4v) is 10.0. The molecular formula is C40H54N10O17S4. The molecule has 1 aliphatic rings. The highest BCUT2D eigenvalue weighted by Crippen LogP contribution is 2.26. The fourth-order valence-electron chi connectivity index (χ4n) is 6.96. The lowest BCUT2D eigenvalue weighted by Crippen LogP contribution is -2.57. The molecule has 0 fully saturated rings. The number of thiol groups is 1. The Morgan fingerprint density at radius 3 is 2.08 bits per heavy atom. The molecule has 2 aromatic carbocycles. The molecule has 0 saturated heterocycles. The Balaban J connectivity index is 1.26. The number of guanidine groups is 1. The van der Waals surface area contributed by atoms with Crippen molar-refractivity contribution in [3.05, 3.63) is 69.0 Å². The molecule has 11 N–H and O–H groups in total. The molecule has 0 radical (unpaired) electrons. The fraction of sp³-hybridized carbons (Fsp3) is 0.450. The van der Waals surface area contributed by atoms with Crippen molar-refractivity contribution in [1.29, 1.82) is 0 Å². The standard InChI is InChI=1S/C40H54N10O17S4/c1-22-13-25(67-12-4-5-32(51)41-8-9-42-37(55)29(20-69(59,60)61)48-38(56)30(21-70(62,63)64)47-33(52)19-68)14-23(2)35(22)71(65,66)49-28(39(57)58)17-45-36(54)27-18-50(3)31-15-24(6-7-26(31)34(27)53)16-46-40-43-10-11-44-40/h6-7,13-15,18,28-30,49,68H,4-5,8-12,16-17,19-21H2,1-3H3,(H,41,51)(H,42,55)(H,45,54)(H,47,52)(H,48,56)(H,57,58)(H2,43,44,46)(H,59,60,61)(H,62,63,64)/t28-,29-,30?/m0/s1. The van der Waals surface area contributed by atoms with E-state index in [1.165, 1.54) is 32.2 Å². The van der Waals surface area contributed by atoms with Gasteiger partial charge in [-0.3, -0.25) is 47.7 Å². The number of hydrogen-bond donors (Lipinski definition) is 12. The molecule has 4 rings (SSSR count). The maximum Gasteiger partial charge on any atom is 0.323 e. The number of carbonyl (C=O) groups excluding carboxylic acids is 5. The van der Waals surface area contributed by atoms with Crippen LogP contribution in [0.25, 0.3) is 10.9 Å². The van der Waals surface area contributed by atoms with Crippen molar-refractivity contribution < 1.29 is 73.0 Å². The number of carboxylic acid groups (broad SMARTS) is 1. The van der Waals surface area contributed by atoms with Gasteiger partial charge < -0.3 is 51.6 Å². The van der Waals surface area contributed by atoms with Gasteiger partial charge in [-0.05, 0) is 61.2 Å². The molecule has 1 unspecified atom stereocenters. The molecule has 0 aliphatic carbocycles. The van der Waals surface area contributed by atoms with E-state index in [0.717, 1.165) is 12.1 Å². The van der Waals surface area contributed by atoms with Gasteiger partial charge in [0.25, 0.3) is 26.1 Å². The minimum atomic E-state index is -4.92. The van der Waals surface area contributed by atoms with Crippen molar-refractivity contribution in [2.75, 3.05) is 56.6 Å². The summed E-state index contributed by atoms with van der Waals surface area (Å²) in [6.45, 7) is 3.41. The Bertz CT molecular complexity index is 2940. The second-order valence-corrected chi connectivity index (χ2v) is 20.8. The molecule has 0 spiro atoms. The summed E-state index contributed by atoms with van der Waals surface area (Å²) in [5.41, 5.74) is 0.805. The van der Waals surface area contributed by atoms with Crippen LogP contribution in [0.4, 0.5) is 0 Å². The zero-order chi connectivity index (χ0) is 52.8. The number of ether oxygens (including phenoxy) is 1. The van der Waals surface area contributed by atoms with Gasteiger partial charge in [0.1, 0.15) is 40.9 Å². The van der Waals surface area contributed by atoms with E-state index < -0.39 is 113 Å². The Kier molecular flexibility index (Phi) is 20.3. The molecule has 5 amide bonds. The number of sulfonamides is 1. The second-order valence-electron chi connectivity index (χ2n) is 15.9. The number of carboxylic acids is 1. The first kappa shape index (κ1) is 57.2. The van der Waals surface area contributed by atoms with Crippen molar-refractivity contribution in [2.24, 2.45) is 12.0 Å². The number of nitrogens with zero attached hydrogens (tertiary/aromatic N) is 2. The van der Waals surface area contributed by atoms with Crippen LogP contribution in [-0.4, -0.2) is 160 Å². The lowest BCUT2D eigenvalue weighted by Gasteiger charge is -2.21. The van der Waals surface area contributed by atoms with E-state index in [1.807, 2.05) is 10.6 Å². The molecule has 0 bridgehead atoms. The number of hydrogen-bond acceptors (Lipinski definition) is 18. The highest BCUT2D eigenvalue weighted by atomic mass is 32.2. The molecule has 2 heterocycles. The maximum atomic E-state index is 13.6. The Hall–Kier alpha value is -6.38. The van der Waals surface area contributed by atoms with E-state index in [9.17, 15) is 68.5 Å². The first-order valence-corrected chi connectivity index (χ1v) is 26.6. The van der Waals surface area contributed by atoms with Crippen LogP contribution >= 0.6 is 12.6 Å². The Labute approximate surface area is 412 Å². The number of carbonyl (C=O) groups is 6. The smallest absolute Gasteiger partial charge is 0.323 e. The minimum absolute atomic E-state index is 0.0363. The van der Waals surface area contributed by atoms with Gasteiger partial charge in [-0.15, -0.1) is 0 Å². The molecule has 0 saturated carbocycles. The van der Waals surface area contributed by atoms with Gasteiger partial charge in [0.15, 0.2) is 5.96 Å². The van der Waals surface area contributed by atoms with Crippen LogP contribution in [0.1, 0.15) is 39.9 Å². The molecule has 3 atom stereocenters. The highest BCUT2D eigenvalue weighted by Gasteiger charge is 2.33. The zero-order valence-corrected chi connectivity index (χ0v) is 41.6. The van der Waals surface area contributed by atoms with Crippen LogP contribution in [0.3, 0.4) is 0 Å². The summed E-state index contributed by atoms with van der Waals surface area (Å²) in [6.07, 6.45) is 1.34. The summed E-state index contributed by atoms with van der Waals surface area (Å²) in [6, 6.07) is 1.99. The molecule has 1 aliphatic heterocycles. The van der Waals surface area contributed by atoms with Crippen molar-refractivity contribution >= 4 is 95.3 Å². The zero-order valence-electron chi connectivity index (χ0n) is 38.3. The van der Waals surface area contributed by atoms with Crippen molar-refractivity contribution in [3.8, 4) is 5.75 Å². The molecule has 27 nitrogen and oxygen atoms in total. The number of rotatable bonds is 26. The van der Waals surface area contributed by atoms with Gasteiger partial charge in [0.05, 0.1) is 29.3 Å². The van der Waals surface area contributed by atoms with Crippen LogP contribution in [0.2, 0.25) is 0 Å². The normalized spacial score (nSPS) is 14.0. The summed E-state index contributed by atoms with van der Waals surface area (Å²) in [7, 11) is -12.7. The minimum Gasteiger partial charge on any atom is -0.494 e. The number of aryl methyl sites for hydroxylation is 3. The highest BCUT2D eigenvalue weighted by molar-refractivity contribution is 7.89. The van der Waals surface area contributed by atoms with E-state index in [4.69, 9.17) is 9.29 Å². The van der Waals surface area contributed by atoms with Crippen LogP contribution in [-0.2, 0) is 67.8 Å². The number of aliphatic imine (C=N–C) groups is 1. The second kappa shape index (κ2) is 25.1. The van der Waals surface area contributed by atoms with Crippen molar-refractivity contribution in [3.63, 3.8) is 0 Å². The molecule has 1 aromatic heterocycles. The summed E-state index contributed by atoms with van der Waals surface area (Å²) >= 11 is 3.68. The summed E-state index contributed by atoms with van der Waals surface area (Å²) in [5.74, 6) is -8.93. The number of aliphatic carboxylic acids is 1. The van der Waals surface area contributed by atoms with Gasteiger partial charge in [-0.25, -0.2) is 8.42 Å². The van der Waals surface area contributed by atoms with E-state index in [0.29, 0.717) is 24.6 Å². The average molecular weight is 1080 g/mol. The van der Waals surface area contributed by atoms with Crippen LogP contribution in [0.15, 0.2) is 51.2 Å². The summed E-state index contributed by atoms with van der Waals surface area (Å²) < 4.78 is 101. The van der Waals surface area contributed by atoms with Crippen LogP contribution < -0.4 is 52.1 Å². The van der Waals surface area contributed by atoms with E-state index in [-0.39, 0.29) is 65.3 Å². The lowest BCUT2D eigenvalue weighted by molar-refractivity contribution is -0.138. The van der Waals surface area contributed by atoms with Gasteiger partial charge >= 0.3 is 5.97 Å². The Morgan fingerprint density at radius 1 is 0.859 bits per heavy atom. The third-order valence-electron chi connectivity index (χ3n) is 10.1. The number of benzene rings is 2. The average Bonchev–Trinajstić information content (AvgIpc) is 3.80. The van der Waals surface area contributed by atoms with Crippen molar-refractivity contribution in [1.82, 2.24) is 46.5 Å². The maximum absolute atomic E-state index is 13.6. The SMILES string of the molecule is Cc1cc(OCCCC(=O)NCCNC(=O)[C@H](CS(=O)(=O)O)NC(=O)C(CS(=O)(=O)O)NC(=O)CS)cc(C)c1S(=O)(=O)N[C@@H](CNC(=O)c1cn(C)c2cc(CNC3=NCCN3)ccc2c1=O)C(=O)O. The van der Waals surface area contributed by atoms with Crippen LogP contribution in [0.5, 0.6) is 5.75 Å². The molecule has 3 aromatic rings. The first-order valence-electron chi connectivity index (χ1n) is 21.2. The quantitative estimate of drug-likeness (QED) is 0.0210. The predicted octanol–water partition coefficient (Wildman–Crippen LogP) is -3.57. The Morgan fingerprint density at radius 2 is 1.49 bits per heavy atom. The monoisotopic (exact) mass is 1070 g/mol. The molecular weight excluding hydrogens is 1020 g/mol. The van der Waals surface area contributed by atoms with Crippen molar-refractivity contribution in [2.45, 2.75) is 56.3 Å². The first-order chi connectivity index (χ1) is 33.2. The largest absolute Gasteiger partial charge is 0.494 e. The van der Waals surface area contributed by atoms with E-state index >= 15 is 0 Å². The lowest BCUT2D eigenvalue weighted by atomic mass is 10.1. The van der Waals surface area contributed by atoms with E-state index in [2.05, 4.69) is 48.9 Å². The van der Waals surface area contributed by atoms with Gasteiger partial charge in [0.2, 0.25) is 39.1 Å². The summed E-state index contributed by atoms with van der Waals surface area (Å²) in [5, 5.41) is 27.3. The molecule has 31 heteroatoms. The predicted molar refractivity (Wildman–Crippen MR) is 258 cm³/mol. The summed E-state index contributed by atoms with van der Waals surface area (Å²) in [4.78, 5) is 92.4. The third kappa shape index (κ3) is 17.8. The third-order valence-corrected chi connectivity index (χ3v) is 13.7. The topological polar surface area (TPSA) is 405 Å². The number of amides is 5. The van der Waals surface area contributed by atoms with Gasteiger partial charge in [0, 0.05) is 57.8 Å². The number of aromatic nitrogens is 1.